The van der Waals surface area contributed by atoms with E-state index < -0.39 is 0 Å². The lowest BCUT2D eigenvalue weighted by molar-refractivity contribution is 1.18. The largest absolute Gasteiger partial charge is 0.309 e. The SMILES string of the molecule is Cc1cccc2c1c1cc(C3=CCC=C(c4ccc5c(c4)c4ccccc4n5-c4cccc(-c5ccc(C#N)cc5)c4)C=C3)ccc1n2-c1ccccc1. The highest BCUT2D eigenvalue weighted by Crippen LogP contribution is 2.38. The number of rotatable bonds is 5. The number of fused-ring (bicyclic) bond motifs is 6. The zero-order valence-corrected chi connectivity index (χ0v) is 29.9. The van der Waals surface area contributed by atoms with Gasteiger partial charge in [0.1, 0.15) is 0 Å². The van der Waals surface area contributed by atoms with Crippen LogP contribution < -0.4 is 0 Å². The lowest BCUT2D eigenvalue weighted by Crippen LogP contribution is -1.94. The van der Waals surface area contributed by atoms with Crippen molar-refractivity contribution >= 4 is 54.8 Å². The summed E-state index contributed by atoms with van der Waals surface area (Å²) in [6.07, 6.45) is 10.1. The van der Waals surface area contributed by atoms with Gasteiger partial charge in [-0.25, -0.2) is 0 Å². The van der Waals surface area contributed by atoms with Crippen molar-refractivity contribution < 1.29 is 0 Å². The molecule has 0 aliphatic heterocycles. The molecule has 0 unspecified atom stereocenters. The number of hydrogen-bond acceptors (Lipinski definition) is 1. The van der Waals surface area contributed by atoms with Gasteiger partial charge in [-0.05, 0) is 125 Å². The van der Waals surface area contributed by atoms with Gasteiger partial charge in [0, 0.05) is 32.9 Å². The lowest BCUT2D eigenvalue weighted by Gasteiger charge is -2.11. The Morgan fingerprint density at radius 3 is 1.81 bits per heavy atom. The fourth-order valence-electron chi connectivity index (χ4n) is 8.33. The predicted molar refractivity (Wildman–Crippen MR) is 226 cm³/mol. The summed E-state index contributed by atoms with van der Waals surface area (Å²) in [6.45, 7) is 2.22. The number of benzene rings is 7. The van der Waals surface area contributed by atoms with Crippen molar-refractivity contribution in [1.82, 2.24) is 9.13 Å². The third-order valence-electron chi connectivity index (χ3n) is 10.9. The topological polar surface area (TPSA) is 33.6 Å². The quantitative estimate of drug-likeness (QED) is 0.177. The summed E-state index contributed by atoms with van der Waals surface area (Å²) in [5.41, 5.74) is 16.1. The zero-order chi connectivity index (χ0) is 36.2. The Kier molecular flexibility index (Phi) is 7.49. The first-order chi connectivity index (χ1) is 26.6. The number of aryl methyl sites for hydroxylation is 1. The Morgan fingerprint density at radius 2 is 1.06 bits per heavy atom. The maximum absolute atomic E-state index is 9.28. The number of para-hydroxylation sites is 2. The number of nitriles is 1. The molecule has 2 heterocycles. The zero-order valence-electron chi connectivity index (χ0n) is 29.9. The van der Waals surface area contributed by atoms with Crippen LogP contribution in [0.5, 0.6) is 0 Å². The molecule has 3 nitrogen and oxygen atoms in total. The summed E-state index contributed by atoms with van der Waals surface area (Å²) >= 11 is 0. The monoisotopic (exact) mass is 689 g/mol. The normalized spacial score (nSPS) is 13.0. The van der Waals surface area contributed by atoms with Crippen LogP contribution in [0.2, 0.25) is 0 Å². The van der Waals surface area contributed by atoms with E-state index >= 15 is 0 Å². The Labute approximate surface area is 314 Å². The van der Waals surface area contributed by atoms with Crippen LogP contribution in [-0.2, 0) is 0 Å². The van der Waals surface area contributed by atoms with Gasteiger partial charge in [0.05, 0.1) is 33.7 Å². The molecule has 0 saturated carbocycles. The summed E-state index contributed by atoms with van der Waals surface area (Å²) in [7, 11) is 0. The second-order valence-electron chi connectivity index (χ2n) is 14.1. The Morgan fingerprint density at radius 1 is 0.463 bits per heavy atom. The summed E-state index contributed by atoms with van der Waals surface area (Å²) in [6, 6.07) is 58.5. The molecule has 9 aromatic rings. The van der Waals surface area contributed by atoms with Gasteiger partial charge in [-0.2, -0.15) is 5.26 Å². The minimum atomic E-state index is 0.666. The van der Waals surface area contributed by atoms with Gasteiger partial charge < -0.3 is 9.13 Å². The van der Waals surface area contributed by atoms with Crippen molar-refractivity contribution in [2.24, 2.45) is 0 Å². The molecular weight excluding hydrogens is 655 g/mol. The van der Waals surface area contributed by atoms with Gasteiger partial charge in [0.2, 0.25) is 0 Å². The van der Waals surface area contributed by atoms with E-state index in [2.05, 4.69) is 180 Å². The van der Waals surface area contributed by atoms with Gasteiger partial charge in [-0.3, -0.25) is 0 Å². The van der Waals surface area contributed by atoms with Crippen molar-refractivity contribution in [2.45, 2.75) is 13.3 Å². The summed E-state index contributed by atoms with van der Waals surface area (Å²) in [4.78, 5) is 0. The van der Waals surface area contributed by atoms with Crippen LogP contribution in [-0.4, -0.2) is 9.13 Å². The third-order valence-corrected chi connectivity index (χ3v) is 10.9. The molecule has 2 aromatic heterocycles. The van der Waals surface area contributed by atoms with E-state index in [0.29, 0.717) is 5.56 Å². The summed E-state index contributed by atoms with van der Waals surface area (Å²) < 4.78 is 4.75. The van der Waals surface area contributed by atoms with Crippen molar-refractivity contribution in [2.75, 3.05) is 0 Å². The highest BCUT2D eigenvalue weighted by Gasteiger charge is 2.17. The molecule has 0 spiro atoms. The minimum Gasteiger partial charge on any atom is -0.309 e. The number of aromatic nitrogens is 2. The molecule has 0 N–H and O–H groups in total. The smallest absolute Gasteiger partial charge is 0.0991 e. The summed E-state index contributed by atoms with van der Waals surface area (Å²) in [5, 5.41) is 14.3. The second kappa shape index (κ2) is 12.8. The summed E-state index contributed by atoms with van der Waals surface area (Å²) in [5.74, 6) is 0. The molecule has 0 atom stereocenters. The molecule has 54 heavy (non-hydrogen) atoms. The standard InChI is InChI=1S/C51H35N3/c1-34-10-7-19-50-51(34)46-32-41(27-29-49(46)53(50)42-14-3-2-4-15-42)37-12-8-11-36(24-25-37)40-26-28-48-45(31-40)44-17-5-6-18-47(44)54(48)43-16-9-13-39(30-43)38-22-20-35(33-52)21-23-38/h2-7,9-32H,8H2,1H3. The van der Waals surface area contributed by atoms with E-state index in [4.69, 9.17) is 0 Å². The molecule has 1 aliphatic rings. The Hall–Kier alpha value is -7.15. The van der Waals surface area contributed by atoms with Gasteiger partial charge in [-0.15, -0.1) is 0 Å². The van der Waals surface area contributed by atoms with Crippen molar-refractivity contribution in [3.05, 3.63) is 204 Å². The molecule has 7 aromatic carbocycles. The average Bonchev–Trinajstić information content (AvgIpc) is 3.62. The molecular formula is C51H35N3. The molecule has 3 heteroatoms. The van der Waals surface area contributed by atoms with Crippen molar-refractivity contribution in [3.63, 3.8) is 0 Å². The Bertz CT molecular complexity index is 3070. The number of allylic oxidation sites excluding steroid dienone is 6. The molecule has 10 rings (SSSR count). The minimum absolute atomic E-state index is 0.666. The van der Waals surface area contributed by atoms with Crippen LogP contribution in [0.15, 0.2) is 182 Å². The first-order valence-corrected chi connectivity index (χ1v) is 18.5. The van der Waals surface area contributed by atoms with Crippen LogP contribution in [0.1, 0.15) is 28.7 Å². The molecule has 0 saturated heterocycles. The first kappa shape index (κ1) is 31.6. The van der Waals surface area contributed by atoms with Gasteiger partial charge in [0.25, 0.3) is 0 Å². The molecule has 0 bridgehead atoms. The van der Waals surface area contributed by atoms with E-state index in [1.54, 1.807) is 0 Å². The van der Waals surface area contributed by atoms with Gasteiger partial charge >= 0.3 is 0 Å². The second-order valence-corrected chi connectivity index (χ2v) is 14.1. The van der Waals surface area contributed by atoms with Crippen molar-refractivity contribution in [3.8, 4) is 28.6 Å². The Balaban J connectivity index is 1.01. The molecule has 254 valence electrons. The number of hydrogen-bond donors (Lipinski definition) is 0. The van der Waals surface area contributed by atoms with E-state index in [0.717, 1.165) is 23.2 Å². The maximum Gasteiger partial charge on any atom is 0.0991 e. The highest BCUT2D eigenvalue weighted by molar-refractivity contribution is 6.12. The molecule has 0 radical (unpaired) electrons. The van der Waals surface area contributed by atoms with Crippen LogP contribution in [0.4, 0.5) is 0 Å². The van der Waals surface area contributed by atoms with Crippen LogP contribution in [0, 0.1) is 18.3 Å². The molecule has 1 aliphatic carbocycles. The fraction of sp³-hybridized carbons (Fsp3) is 0.0392. The van der Waals surface area contributed by atoms with E-state index in [1.807, 2.05) is 24.3 Å². The molecule has 0 amide bonds. The van der Waals surface area contributed by atoms with Gasteiger partial charge in [0.15, 0.2) is 0 Å². The van der Waals surface area contributed by atoms with Crippen molar-refractivity contribution in [1.29, 1.82) is 5.26 Å². The van der Waals surface area contributed by atoms with E-state index in [9.17, 15) is 5.26 Å². The fourth-order valence-corrected chi connectivity index (χ4v) is 8.33. The third kappa shape index (κ3) is 5.19. The maximum atomic E-state index is 9.28. The van der Waals surface area contributed by atoms with Crippen LogP contribution in [0.25, 0.3) is 77.3 Å². The molecule has 0 fully saturated rings. The first-order valence-electron chi connectivity index (χ1n) is 18.5. The lowest BCUT2D eigenvalue weighted by atomic mass is 9.99. The van der Waals surface area contributed by atoms with Crippen LogP contribution in [0.3, 0.4) is 0 Å². The van der Waals surface area contributed by atoms with Gasteiger partial charge in [-0.1, -0.05) is 109 Å². The predicted octanol–water partition coefficient (Wildman–Crippen LogP) is 13.2. The number of nitrogens with zero attached hydrogens (tertiary/aromatic N) is 3. The van der Waals surface area contributed by atoms with Crippen LogP contribution >= 0.6 is 0 Å². The average molecular weight is 690 g/mol. The van der Waals surface area contributed by atoms with E-state index in [1.165, 1.54) is 77.1 Å². The van der Waals surface area contributed by atoms with E-state index in [-0.39, 0.29) is 0 Å². The highest BCUT2D eigenvalue weighted by atomic mass is 15.0.